The fourth-order valence-electron chi connectivity index (χ4n) is 4.52. The van der Waals surface area contributed by atoms with E-state index in [1.165, 1.54) is 21.1 Å². The molecule has 2 saturated heterocycles. The van der Waals surface area contributed by atoms with Crippen molar-refractivity contribution in [3.63, 3.8) is 0 Å². The first-order valence-electron chi connectivity index (χ1n) is 9.79. The third-order valence-corrected chi connectivity index (χ3v) is 6.33. The predicted molar refractivity (Wildman–Crippen MR) is 99.7 cm³/mol. The number of ketones is 1. The molecule has 5 atom stereocenters. The second kappa shape index (κ2) is 6.65. The maximum atomic E-state index is 13.0. The molecule has 1 aliphatic carbocycles. The number of amides is 1. The average Bonchev–Trinajstić information content (AvgIpc) is 3.34. The number of hydrogen-bond donors (Lipinski definition) is 0. The lowest BCUT2D eigenvalue weighted by atomic mass is 9.79. The monoisotopic (exact) mass is 399 g/mol. The summed E-state index contributed by atoms with van der Waals surface area (Å²) in [4.78, 5) is 27.3. The molecule has 0 aromatic heterocycles. The van der Waals surface area contributed by atoms with Gasteiger partial charge in [0.25, 0.3) is 0 Å². The molecule has 0 bridgehead atoms. The molecular formula is C20H33NO7. The van der Waals surface area contributed by atoms with Gasteiger partial charge in [-0.15, -0.1) is 0 Å². The van der Waals surface area contributed by atoms with Gasteiger partial charge in [0.05, 0.1) is 18.0 Å². The molecule has 1 spiro atoms. The van der Waals surface area contributed by atoms with Crippen LogP contribution in [0.4, 0.5) is 4.79 Å². The molecule has 1 saturated carbocycles. The fraction of sp³-hybridized carbons (Fsp3) is 0.900. The number of hydrogen-bond acceptors (Lipinski definition) is 7. The van der Waals surface area contributed by atoms with E-state index < -0.39 is 46.9 Å². The first-order valence-corrected chi connectivity index (χ1v) is 9.79. The molecule has 8 nitrogen and oxygen atoms in total. The minimum atomic E-state index is -1.20. The Hall–Kier alpha value is -1.22. The number of likely N-dealkylation sites (tertiary alicyclic amines) is 1. The maximum Gasteiger partial charge on any atom is 0.410 e. The van der Waals surface area contributed by atoms with E-state index in [0.29, 0.717) is 0 Å². The molecule has 0 N–H and O–H groups in total. The van der Waals surface area contributed by atoms with Gasteiger partial charge in [0, 0.05) is 14.2 Å². The Morgan fingerprint density at radius 2 is 1.57 bits per heavy atom. The van der Waals surface area contributed by atoms with Crippen molar-refractivity contribution in [2.24, 2.45) is 5.92 Å². The molecule has 2 aliphatic heterocycles. The molecule has 1 amide bonds. The lowest BCUT2D eigenvalue weighted by Gasteiger charge is -2.58. The first-order chi connectivity index (χ1) is 12.8. The van der Waals surface area contributed by atoms with E-state index in [9.17, 15) is 9.59 Å². The number of rotatable bonds is 3. The van der Waals surface area contributed by atoms with E-state index in [-0.39, 0.29) is 12.3 Å². The highest BCUT2D eigenvalue weighted by molar-refractivity contribution is 5.83. The van der Waals surface area contributed by atoms with Gasteiger partial charge in [-0.3, -0.25) is 9.69 Å². The Balaban J connectivity index is 1.98. The van der Waals surface area contributed by atoms with E-state index in [0.717, 1.165) is 12.8 Å². The summed E-state index contributed by atoms with van der Waals surface area (Å²) in [5.74, 6) is -2.95. The van der Waals surface area contributed by atoms with Crippen LogP contribution in [-0.4, -0.2) is 72.5 Å². The molecule has 28 heavy (non-hydrogen) atoms. The number of methoxy groups -OCH3 is 2. The third kappa shape index (κ3) is 3.24. The Morgan fingerprint density at radius 3 is 2.00 bits per heavy atom. The average molecular weight is 399 g/mol. The van der Waals surface area contributed by atoms with E-state index in [1.54, 1.807) is 18.7 Å². The Morgan fingerprint density at radius 1 is 1.04 bits per heavy atom. The summed E-state index contributed by atoms with van der Waals surface area (Å²) >= 11 is 0. The van der Waals surface area contributed by atoms with Crippen LogP contribution in [0.25, 0.3) is 0 Å². The zero-order chi connectivity index (χ0) is 21.1. The van der Waals surface area contributed by atoms with Crippen molar-refractivity contribution in [2.75, 3.05) is 20.8 Å². The summed E-state index contributed by atoms with van der Waals surface area (Å²) in [5, 5.41) is 0. The van der Waals surface area contributed by atoms with Crippen molar-refractivity contribution in [3.8, 4) is 0 Å². The Labute approximate surface area is 166 Å². The molecule has 2 heterocycles. The molecule has 3 fully saturated rings. The first kappa shape index (κ1) is 21.5. The van der Waals surface area contributed by atoms with E-state index in [2.05, 4.69) is 0 Å². The van der Waals surface area contributed by atoms with Crippen molar-refractivity contribution in [1.82, 2.24) is 4.90 Å². The topological polar surface area (TPSA) is 83.5 Å². The quantitative estimate of drug-likeness (QED) is 0.721. The zero-order valence-corrected chi connectivity index (χ0v) is 18.2. The number of Topliss-reactive ketones (excluding diaryl/α,β-unsaturated/α-hetero) is 1. The molecule has 8 heteroatoms. The number of fused-ring (bicyclic) bond motifs is 1. The van der Waals surface area contributed by atoms with Gasteiger partial charge in [-0.2, -0.15) is 0 Å². The van der Waals surface area contributed by atoms with E-state index >= 15 is 0 Å². The van der Waals surface area contributed by atoms with Crippen molar-refractivity contribution in [3.05, 3.63) is 0 Å². The van der Waals surface area contributed by atoms with Crippen molar-refractivity contribution in [2.45, 2.75) is 89.3 Å². The second-order valence-corrected chi connectivity index (χ2v) is 9.32. The van der Waals surface area contributed by atoms with Crippen LogP contribution in [0.15, 0.2) is 0 Å². The largest absolute Gasteiger partial charge is 0.444 e. The number of ether oxygens (including phenoxy) is 5. The van der Waals surface area contributed by atoms with Gasteiger partial charge < -0.3 is 23.7 Å². The van der Waals surface area contributed by atoms with Gasteiger partial charge in [0.15, 0.2) is 0 Å². The number of nitrogens with zero attached hydrogens (tertiary/aromatic N) is 1. The summed E-state index contributed by atoms with van der Waals surface area (Å²) in [5.41, 5.74) is -1.22. The summed E-state index contributed by atoms with van der Waals surface area (Å²) in [6.07, 6.45) is -0.0482. The van der Waals surface area contributed by atoms with Crippen molar-refractivity contribution in [1.29, 1.82) is 0 Å². The highest BCUT2D eigenvalue weighted by Gasteiger charge is 2.69. The summed E-state index contributed by atoms with van der Waals surface area (Å²) in [6, 6.07) is 0. The van der Waals surface area contributed by atoms with E-state index in [4.69, 9.17) is 23.7 Å². The summed E-state index contributed by atoms with van der Waals surface area (Å²) < 4.78 is 29.4. The molecular weight excluding hydrogens is 366 g/mol. The number of piperidine rings is 1. The SMILES string of the molecule is COC1(C)OC2CN(C(=O)OC(C)(C)C)C3(CC3)C(C(C)=O)C2OC1(C)OC. The van der Waals surface area contributed by atoms with Crippen LogP contribution in [0, 0.1) is 5.92 Å². The summed E-state index contributed by atoms with van der Waals surface area (Å²) in [6.45, 7) is 10.8. The van der Waals surface area contributed by atoms with Crippen LogP contribution in [0.3, 0.4) is 0 Å². The molecule has 0 radical (unpaired) electrons. The smallest absolute Gasteiger partial charge is 0.410 e. The fourth-order valence-corrected chi connectivity index (χ4v) is 4.52. The van der Waals surface area contributed by atoms with E-state index in [1.807, 2.05) is 20.8 Å². The van der Waals surface area contributed by atoms with Gasteiger partial charge in [-0.25, -0.2) is 4.79 Å². The summed E-state index contributed by atoms with van der Waals surface area (Å²) in [7, 11) is 3.03. The van der Waals surface area contributed by atoms with Gasteiger partial charge in [0.1, 0.15) is 23.6 Å². The number of carbonyl (C=O) groups excluding carboxylic acids is 2. The molecule has 160 valence electrons. The van der Waals surface area contributed by atoms with Gasteiger partial charge in [-0.05, 0) is 54.4 Å². The molecule has 0 aromatic rings. The van der Waals surface area contributed by atoms with Gasteiger partial charge in [0.2, 0.25) is 11.6 Å². The minimum Gasteiger partial charge on any atom is -0.444 e. The second-order valence-electron chi connectivity index (χ2n) is 9.32. The minimum absolute atomic E-state index is 0.0381. The Kier molecular flexibility index (Phi) is 5.11. The lowest BCUT2D eigenvalue weighted by Crippen LogP contribution is -2.73. The lowest BCUT2D eigenvalue weighted by molar-refractivity contribution is -0.456. The van der Waals surface area contributed by atoms with Crippen molar-refractivity contribution < 1.29 is 33.3 Å². The van der Waals surface area contributed by atoms with Gasteiger partial charge >= 0.3 is 6.09 Å². The number of carbonyl (C=O) groups is 2. The highest BCUT2D eigenvalue weighted by Crippen LogP contribution is 2.56. The molecule has 3 rings (SSSR count). The van der Waals surface area contributed by atoms with Crippen LogP contribution in [0.2, 0.25) is 0 Å². The van der Waals surface area contributed by atoms with Crippen molar-refractivity contribution >= 4 is 11.9 Å². The maximum absolute atomic E-state index is 13.0. The Bertz CT molecular complexity index is 655. The van der Waals surface area contributed by atoms with Crippen LogP contribution >= 0.6 is 0 Å². The van der Waals surface area contributed by atoms with Crippen LogP contribution in [0.5, 0.6) is 0 Å². The molecule has 5 unspecified atom stereocenters. The predicted octanol–water partition coefficient (Wildman–Crippen LogP) is 2.48. The van der Waals surface area contributed by atoms with Crippen LogP contribution in [-0.2, 0) is 28.5 Å². The zero-order valence-electron chi connectivity index (χ0n) is 18.2. The van der Waals surface area contributed by atoms with Crippen LogP contribution in [0.1, 0.15) is 54.4 Å². The highest BCUT2D eigenvalue weighted by atomic mass is 16.8. The third-order valence-electron chi connectivity index (χ3n) is 6.33. The standard InChI is InChI=1S/C20H33NO7/c1-12(22)14-15-13(26-18(5,24-7)19(6,25-8)27-15)11-21(20(14)9-10-20)16(23)28-17(2,3)4/h13-15H,9-11H2,1-8H3. The van der Waals surface area contributed by atoms with Crippen LogP contribution < -0.4 is 0 Å². The molecule has 0 aromatic carbocycles. The normalized spacial score (nSPS) is 39.4. The molecule has 3 aliphatic rings. The van der Waals surface area contributed by atoms with Gasteiger partial charge in [-0.1, -0.05) is 0 Å².